The topological polar surface area (TPSA) is 86.2 Å². The van der Waals surface area contributed by atoms with Crippen molar-refractivity contribution in [1.82, 2.24) is 24.8 Å². The Labute approximate surface area is 134 Å². The van der Waals surface area contributed by atoms with Crippen LogP contribution in [0.25, 0.3) is 27.5 Å². The SMILES string of the molecule is O=C(c1cn2cnnc2nn1)c1cc2c(ccc3ccccc32)o1. The summed E-state index contributed by atoms with van der Waals surface area (Å²) in [5.74, 6) is 0.226. The molecule has 0 saturated carbocycles. The summed E-state index contributed by atoms with van der Waals surface area (Å²) in [6.07, 6.45) is 3.00. The summed E-state index contributed by atoms with van der Waals surface area (Å²) in [6, 6.07) is 13.5. The van der Waals surface area contributed by atoms with Crippen LogP contribution in [-0.2, 0) is 0 Å². The molecular formula is C17H9N5O2. The van der Waals surface area contributed by atoms with Gasteiger partial charge in [-0.25, -0.2) is 0 Å². The number of aromatic nitrogens is 5. The number of rotatable bonds is 2. The van der Waals surface area contributed by atoms with E-state index in [1.54, 1.807) is 6.07 Å². The lowest BCUT2D eigenvalue weighted by Gasteiger charge is -1.96. The standard InChI is InChI=1S/C17H9N5O2/c23-16(13-8-22-9-18-20-17(22)21-19-13)15-7-12-11-4-2-1-3-10(11)5-6-14(12)24-15/h1-9H. The van der Waals surface area contributed by atoms with Gasteiger partial charge in [0.2, 0.25) is 5.78 Å². The highest BCUT2D eigenvalue weighted by Gasteiger charge is 2.18. The predicted octanol–water partition coefficient (Wildman–Crippen LogP) is 2.65. The van der Waals surface area contributed by atoms with Crippen LogP contribution in [0.5, 0.6) is 0 Å². The number of furan rings is 1. The molecule has 0 aliphatic carbocycles. The molecule has 0 aliphatic heterocycles. The molecule has 0 bridgehead atoms. The number of benzene rings is 2. The quantitative estimate of drug-likeness (QED) is 0.465. The number of ketones is 1. The van der Waals surface area contributed by atoms with Gasteiger partial charge in [0.15, 0.2) is 11.5 Å². The highest BCUT2D eigenvalue weighted by molar-refractivity contribution is 6.12. The van der Waals surface area contributed by atoms with Crippen LogP contribution in [0.15, 0.2) is 59.4 Å². The molecule has 114 valence electrons. The maximum Gasteiger partial charge on any atom is 0.274 e. The number of hydrogen-bond donors (Lipinski definition) is 0. The number of hydrogen-bond acceptors (Lipinski definition) is 6. The molecule has 7 heteroatoms. The average Bonchev–Trinajstić information content (AvgIpc) is 3.27. The van der Waals surface area contributed by atoms with E-state index in [0.717, 1.165) is 16.2 Å². The summed E-state index contributed by atoms with van der Waals surface area (Å²) in [7, 11) is 0. The Morgan fingerprint density at radius 1 is 1.00 bits per heavy atom. The van der Waals surface area contributed by atoms with Crippen molar-refractivity contribution in [1.29, 1.82) is 0 Å². The van der Waals surface area contributed by atoms with Gasteiger partial charge in [-0.3, -0.25) is 9.20 Å². The molecule has 3 aromatic heterocycles. The third-order valence-electron chi connectivity index (χ3n) is 3.95. The Morgan fingerprint density at radius 3 is 2.88 bits per heavy atom. The first-order chi connectivity index (χ1) is 11.8. The first-order valence-corrected chi connectivity index (χ1v) is 7.29. The minimum absolute atomic E-state index is 0.172. The van der Waals surface area contributed by atoms with Crippen LogP contribution in [0.3, 0.4) is 0 Å². The van der Waals surface area contributed by atoms with Gasteiger partial charge in [0, 0.05) is 11.6 Å². The first-order valence-electron chi connectivity index (χ1n) is 7.29. The zero-order valence-electron chi connectivity index (χ0n) is 12.2. The molecule has 5 rings (SSSR count). The van der Waals surface area contributed by atoms with Crippen LogP contribution in [0, 0.1) is 0 Å². The summed E-state index contributed by atoms with van der Waals surface area (Å²) in [5.41, 5.74) is 0.834. The molecule has 2 aromatic carbocycles. The molecule has 3 heterocycles. The highest BCUT2D eigenvalue weighted by atomic mass is 16.3. The molecule has 0 N–H and O–H groups in total. The Hall–Kier alpha value is -3.61. The van der Waals surface area contributed by atoms with Gasteiger partial charge in [0.05, 0.1) is 0 Å². The van der Waals surface area contributed by atoms with E-state index in [0.29, 0.717) is 11.4 Å². The second kappa shape index (κ2) is 4.69. The minimum atomic E-state index is -0.335. The first kappa shape index (κ1) is 12.9. The summed E-state index contributed by atoms with van der Waals surface area (Å²) in [4.78, 5) is 12.7. The predicted molar refractivity (Wildman–Crippen MR) is 85.7 cm³/mol. The summed E-state index contributed by atoms with van der Waals surface area (Å²) < 4.78 is 7.27. The van der Waals surface area contributed by atoms with E-state index in [4.69, 9.17) is 4.42 Å². The van der Waals surface area contributed by atoms with Gasteiger partial charge in [0.1, 0.15) is 11.9 Å². The van der Waals surface area contributed by atoms with Gasteiger partial charge >= 0.3 is 0 Å². The molecule has 0 saturated heterocycles. The molecule has 24 heavy (non-hydrogen) atoms. The average molecular weight is 315 g/mol. The second-order valence-corrected chi connectivity index (χ2v) is 5.39. The van der Waals surface area contributed by atoms with E-state index >= 15 is 0 Å². The largest absolute Gasteiger partial charge is 0.452 e. The van der Waals surface area contributed by atoms with Gasteiger partial charge in [-0.2, -0.15) is 0 Å². The normalized spacial score (nSPS) is 11.5. The second-order valence-electron chi connectivity index (χ2n) is 5.39. The molecule has 0 radical (unpaired) electrons. The monoisotopic (exact) mass is 315 g/mol. The minimum Gasteiger partial charge on any atom is -0.452 e. The van der Waals surface area contributed by atoms with Crippen molar-refractivity contribution in [3.63, 3.8) is 0 Å². The Morgan fingerprint density at radius 2 is 1.92 bits per heavy atom. The molecule has 0 unspecified atom stereocenters. The third-order valence-corrected chi connectivity index (χ3v) is 3.95. The summed E-state index contributed by atoms with van der Waals surface area (Å²) >= 11 is 0. The lowest BCUT2D eigenvalue weighted by Crippen LogP contribution is -2.06. The van der Waals surface area contributed by atoms with Gasteiger partial charge in [0.25, 0.3) is 5.78 Å². The molecule has 0 atom stereocenters. The Bertz CT molecular complexity index is 1240. The number of carbonyl (C=O) groups excluding carboxylic acids is 1. The van der Waals surface area contributed by atoms with Crippen LogP contribution in [0.2, 0.25) is 0 Å². The fourth-order valence-corrected chi connectivity index (χ4v) is 2.79. The van der Waals surface area contributed by atoms with Crippen LogP contribution >= 0.6 is 0 Å². The van der Waals surface area contributed by atoms with Crippen molar-refractivity contribution in [2.45, 2.75) is 0 Å². The smallest absolute Gasteiger partial charge is 0.274 e. The maximum absolute atomic E-state index is 12.7. The molecule has 0 amide bonds. The van der Waals surface area contributed by atoms with Gasteiger partial charge in [-0.05, 0) is 22.9 Å². The Balaban J connectivity index is 1.67. The van der Waals surface area contributed by atoms with Gasteiger partial charge < -0.3 is 4.42 Å². The molecule has 5 aromatic rings. The van der Waals surface area contributed by atoms with E-state index < -0.39 is 0 Å². The number of carbonyl (C=O) groups is 1. The fourth-order valence-electron chi connectivity index (χ4n) is 2.79. The molecule has 0 spiro atoms. The lowest BCUT2D eigenvalue weighted by atomic mass is 10.1. The molecule has 0 fully saturated rings. The maximum atomic E-state index is 12.7. The van der Waals surface area contributed by atoms with E-state index in [1.165, 1.54) is 16.9 Å². The van der Waals surface area contributed by atoms with E-state index in [1.807, 2.05) is 36.4 Å². The van der Waals surface area contributed by atoms with Crippen LogP contribution in [0.4, 0.5) is 0 Å². The number of nitrogens with zero attached hydrogens (tertiary/aromatic N) is 5. The third kappa shape index (κ3) is 1.81. The van der Waals surface area contributed by atoms with Crippen LogP contribution in [-0.4, -0.2) is 30.6 Å². The van der Waals surface area contributed by atoms with Crippen molar-refractivity contribution < 1.29 is 9.21 Å². The van der Waals surface area contributed by atoms with E-state index in [-0.39, 0.29) is 17.2 Å². The van der Waals surface area contributed by atoms with Crippen LogP contribution < -0.4 is 0 Å². The fraction of sp³-hybridized carbons (Fsp3) is 0. The highest BCUT2D eigenvalue weighted by Crippen LogP contribution is 2.28. The zero-order valence-corrected chi connectivity index (χ0v) is 12.2. The van der Waals surface area contributed by atoms with Crippen molar-refractivity contribution in [2.75, 3.05) is 0 Å². The van der Waals surface area contributed by atoms with Crippen molar-refractivity contribution in [3.05, 3.63) is 66.4 Å². The van der Waals surface area contributed by atoms with Crippen molar-refractivity contribution >= 4 is 33.3 Å². The van der Waals surface area contributed by atoms with Gasteiger partial charge in [-0.1, -0.05) is 30.3 Å². The summed E-state index contributed by atoms with van der Waals surface area (Å²) in [5, 5.41) is 18.3. The molecule has 7 nitrogen and oxygen atoms in total. The van der Waals surface area contributed by atoms with Crippen molar-refractivity contribution in [3.8, 4) is 0 Å². The lowest BCUT2D eigenvalue weighted by molar-refractivity contribution is 0.100. The molecular weight excluding hydrogens is 306 g/mol. The Kier molecular flexibility index (Phi) is 2.52. The number of fused-ring (bicyclic) bond motifs is 4. The van der Waals surface area contributed by atoms with E-state index in [2.05, 4.69) is 20.4 Å². The van der Waals surface area contributed by atoms with Crippen molar-refractivity contribution in [2.24, 2.45) is 0 Å². The zero-order chi connectivity index (χ0) is 16.1. The van der Waals surface area contributed by atoms with Gasteiger partial charge in [-0.15, -0.1) is 20.4 Å². The van der Waals surface area contributed by atoms with E-state index in [9.17, 15) is 4.79 Å². The molecule has 0 aliphatic rings. The van der Waals surface area contributed by atoms with Crippen LogP contribution in [0.1, 0.15) is 16.2 Å². The summed E-state index contributed by atoms with van der Waals surface area (Å²) in [6.45, 7) is 0.